The molecule has 0 amide bonds. The lowest BCUT2D eigenvalue weighted by molar-refractivity contribution is -0.373. The van der Waals surface area contributed by atoms with Gasteiger partial charge in [-0.3, -0.25) is 0 Å². The molecule has 0 radical (unpaired) electrons. The first-order chi connectivity index (χ1) is 34.5. The summed E-state index contributed by atoms with van der Waals surface area (Å²) in [5, 5.41) is 30.3. The van der Waals surface area contributed by atoms with Gasteiger partial charge >= 0.3 is 0 Å². The Labute approximate surface area is 422 Å². The van der Waals surface area contributed by atoms with E-state index in [1.165, 1.54) is 0 Å². The first-order valence-electron chi connectivity index (χ1n) is 26.3. The van der Waals surface area contributed by atoms with Gasteiger partial charge in [0.1, 0.15) is 24.4 Å². The fourth-order valence-corrected chi connectivity index (χ4v) is 11.0. The van der Waals surface area contributed by atoms with Crippen LogP contribution in [0.25, 0.3) is 0 Å². The summed E-state index contributed by atoms with van der Waals surface area (Å²) in [5.41, 5.74) is 3.87. The fraction of sp³-hybridized carbons (Fsp3) is 0.586. The van der Waals surface area contributed by atoms with Crippen LogP contribution in [0.4, 0.5) is 11.4 Å². The summed E-state index contributed by atoms with van der Waals surface area (Å²) in [6.45, 7) is 17.4. The average Bonchev–Trinajstić information content (AvgIpc) is 3.40. The maximum Gasteiger partial charge on any atom is 0.187 e. The third kappa shape index (κ3) is 12.7. The van der Waals surface area contributed by atoms with Gasteiger partial charge in [0.2, 0.25) is 0 Å². The number of ether oxygens (including phenoxy) is 9. The number of nitrogens with one attached hydrogen (secondary N) is 2. The highest BCUT2D eigenvalue weighted by atomic mass is 16.8. The highest BCUT2D eigenvalue weighted by Gasteiger charge is 2.55. The summed E-state index contributed by atoms with van der Waals surface area (Å²) in [4.78, 5) is 0. The van der Waals surface area contributed by atoms with E-state index >= 15 is 0 Å². The summed E-state index contributed by atoms with van der Waals surface area (Å²) < 4.78 is 62.1. The zero-order chi connectivity index (χ0) is 50.0. The number of benzene rings is 4. The number of anilines is 2. The van der Waals surface area contributed by atoms with E-state index in [0.29, 0.717) is 31.3 Å². The molecule has 0 saturated carbocycles. The van der Waals surface area contributed by atoms with Crippen LogP contribution in [0, 0.1) is 29.6 Å². The molecule has 71 heavy (non-hydrogen) atoms. The van der Waals surface area contributed by atoms with Gasteiger partial charge in [-0.1, -0.05) is 152 Å². The van der Waals surface area contributed by atoms with E-state index in [1.54, 1.807) is 0 Å². The Kier molecular flexibility index (Phi) is 19.0. The second kappa shape index (κ2) is 25.3. The van der Waals surface area contributed by atoms with Crippen LogP contribution in [0.15, 0.2) is 121 Å². The quantitative estimate of drug-likeness (QED) is 0.0667. The smallest absolute Gasteiger partial charge is 0.187 e. The van der Waals surface area contributed by atoms with Crippen LogP contribution < -0.4 is 10.6 Å². The number of rotatable bonds is 20. The van der Waals surface area contributed by atoms with Crippen LogP contribution in [-0.4, -0.2) is 109 Å². The zero-order valence-electron chi connectivity index (χ0n) is 42.9. The number of para-hydroxylation sites is 2. The lowest BCUT2D eigenvalue weighted by Gasteiger charge is -2.52. The number of hydrogen-bond acceptors (Lipinski definition) is 13. The van der Waals surface area contributed by atoms with Crippen molar-refractivity contribution < 1.29 is 52.8 Å². The second-order valence-corrected chi connectivity index (χ2v) is 20.3. The van der Waals surface area contributed by atoms with E-state index in [2.05, 4.69) is 90.3 Å². The molecule has 0 spiro atoms. The maximum atomic E-state index is 12.0. The molecule has 13 heteroatoms. The lowest BCUT2D eigenvalue weighted by atomic mass is 9.78. The fourth-order valence-electron chi connectivity index (χ4n) is 11.0. The van der Waals surface area contributed by atoms with Crippen molar-refractivity contribution in [2.24, 2.45) is 29.6 Å². The SMILES string of the molecule is CCC1O[C@@H](O[C@@H]2C(OCc3ccccc3)[C@H](O[C@@H]3C(CC)O[C@@H](O[C@@H]4C(CC)O[C@@H](OCc5ccccc5)C(Nc5ccccc5)[C@H]4C)C(Nc4ccccc4)[C@H]3C)OC(CO)[C@H]2O)[C@@H](C)C(C)[C@H]1C. The predicted molar refractivity (Wildman–Crippen MR) is 273 cm³/mol. The molecule has 4 fully saturated rings. The molecule has 4 heterocycles. The molecule has 4 aliphatic heterocycles. The van der Waals surface area contributed by atoms with Gasteiger partial charge in [0.05, 0.1) is 62.4 Å². The Balaban J connectivity index is 1.08. The topological polar surface area (TPSA) is 148 Å². The Hall–Kier alpha value is -3.96. The largest absolute Gasteiger partial charge is 0.394 e. The third-order valence-corrected chi connectivity index (χ3v) is 15.7. The molecule has 0 aliphatic carbocycles. The lowest BCUT2D eigenvalue weighted by Crippen LogP contribution is -2.65. The minimum absolute atomic E-state index is 0.0153. The standard InChI is InChI=1S/C58H80N2O11/c1-9-44-36(5)35(4)37(6)55(65-44)71-53-50(62)47(32-61)68-58(54(53)63-33-40-24-16-12-17-25-40)70-52-39(8)49(60-43-30-22-15-23-31-43)57(67-46(52)11-3)69-51-38(7)48(59-42-28-20-14-21-29-42)56(66-45(51)10-2)64-34-41-26-18-13-19-27-41/h12-31,35-39,44-62H,9-11,32-34H2,1-8H3/t35?,36-,37+,38-,39-,44?,45?,46?,47?,48?,49?,50-,51+,52+,53+,54?,55+,56-,57+,58+/m1/s1. The molecule has 0 aromatic heterocycles. The van der Waals surface area contributed by atoms with Crippen LogP contribution in [0.2, 0.25) is 0 Å². The van der Waals surface area contributed by atoms with Crippen LogP contribution >= 0.6 is 0 Å². The van der Waals surface area contributed by atoms with Crippen LogP contribution in [0.5, 0.6) is 0 Å². The van der Waals surface area contributed by atoms with Crippen LogP contribution in [0.1, 0.15) is 85.8 Å². The average molecular weight is 981 g/mol. The van der Waals surface area contributed by atoms with Crippen molar-refractivity contribution in [3.8, 4) is 0 Å². The van der Waals surface area contributed by atoms with E-state index in [0.717, 1.165) is 28.9 Å². The van der Waals surface area contributed by atoms with E-state index in [1.807, 2.05) is 97.1 Å². The Bertz CT molecular complexity index is 2140. The van der Waals surface area contributed by atoms with Crippen molar-refractivity contribution >= 4 is 11.4 Å². The molecule has 0 bridgehead atoms. The maximum absolute atomic E-state index is 12.0. The molecule has 13 nitrogen and oxygen atoms in total. The van der Waals surface area contributed by atoms with Crippen molar-refractivity contribution in [3.63, 3.8) is 0 Å². The van der Waals surface area contributed by atoms with Crippen LogP contribution in [-0.2, 0) is 55.8 Å². The van der Waals surface area contributed by atoms with Gasteiger partial charge in [0.15, 0.2) is 25.2 Å². The predicted octanol–water partition coefficient (Wildman–Crippen LogP) is 9.57. The van der Waals surface area contributed by atoms with Crippen molar-refractivity contribution in [1.82, 2.24) is 0 Å². The Morgan fingerprint density at radius 1 is 0.423 bits per heavy atom. The van der Waals surface area contributed by atoms with E-state index in [-0.39, 0.29) is 42.6 Å². The monoisotopic (exact) mass is 981 g/mol. The van der Waals surface area contributed by atoms with Crippen molar-refractivity contribution in [1.29, 1.82) is 0 Å². The van der Waals surface area contributed by atoms with Gasteiger partial charge in [0, 0.05) is 29.1 Å². The molecular weight excluding hydrogens is 901 g/mol. The van der Waals surface area contributed by atoms with E-state index in [4.69, 9.17) is 42.6 Å². The van der Waals surface area contributed by atoms with Gasteiger partial charge in [-0.2, -0.15) is 0 Å². The van der Waals surface area contributed by atoms with E-state index in [9.17, 15) is 10.2 Å². The van der Waals surface area contributed by atoms with Gasteiger partial charge in [-0.05, 0) is 66.5 Å². The minimum atomic E-state index is -1.24. The number of aliphatic hydroxyl groups excluding tert-OH is 2. The summed E-state index contributed by atoms with van der Waals surface area (Å²) in [6, 6.07) is 39.6. The molecule has 4 aliphatic rings. The first-order valence-corrected chi connectivity index (χ1v) is 26.3. The molecule has 4 aromatic rings. The molecule has 4 saturated heterocycles. The van der Waals surface area contributed by atoms with Gasteiger partial charge in [-0.25, -0.2) is 0 Å². The normalized spacial score (nSPS) is 37.5. The number of aliphatic hydroxyl groups is 2. The third-order valence-electron chi connectivity index (χ3n) is 15.7. The summed E-state index contributed by atoms with van der Waals surface area (Å²) in [5.74, 6) is 0.308. The van der Waals surface area contributed by atoms with Gasteiger partial charge in [0.25, 0.3) is 0 Å². The summed E-state index contributed by atoms with van der Waals surface area (Å²) in [6.07, 6.45) is -6.80. The molecule has 4 N–H and O–H groups in total. The first kappa shape index (κ1) is 53.3. The Morgan fingerprint density at radius 3 is 1.35 bits per heavy atom. The highest BCUT2D eigenvalue weighted by molar-refractivity contribution is 5.45. The summed E-state index contributed by atoms with van der Waals surface area (Å²) in [7, 11) is 0. The zero-order valence-corrected chi connectivity index (χ0v) is 42.9. The molecule has 8 rings (SSSR count). The van der Waals surface area contributed by atoms with E-state index < -0.39 is 80.5 Å². The van der Waals surface area contributed by atoms with Crippen molar-refractivity contribution in [2.75, 3.05) is 17.2 Å². The van der Waals surface area contributed by atoms with Gasteiger partial charge in [-0.15, -0.1) is 0 Å². The molecule has 20 atom stereocenters. The number of hydrogen-bond donors (Lipinski definition) is 4. The minimum Gasteiger partial charge on any atom is -0.394 e. The highest BCUT2D eigenvalue weighted by Crippen LogP contribution is 2.42. The van der Waals surface area contributed by atoms with Gasteiger partial charge < -0.3 is 63.5 Å². The molecule has 388 valence electrons. The van der Waals surface area contributed by atoms with Crippen LogP contribution in [0.3, 0.4) is 0 Å². The second-order valence-electron chi connectivity index (χ2n) is 20.3. The van der Waals surface area contributed by atoms with Crippen molar-refractivity contribution in [3.05, 3.63) is 132 Å². The molecule has 8 unspecified atom stereocenters. The summed E-state index contributed by atoms with van der Waals surface area (Å²) >= 11 is 0. The van der Waals surface area contributed by atoms with Crippen molar-refractivity contribution in [2.45, 2.75) is 180 Å². The molecule has 4 aromatic carbocycles. The molecular formula is C58H80N2O11. The Morgan fingerprint density at radius 2 is 0.845 bits per heavy atom.